The summed E-state index contributed by atoms with van der Waals surface area (Å²) < 4.78 is 13.0. The molecule has 0 atom stereocenters. The number of carboxylic acids is 1. The Balaban J connectivity index is 1.82. The average Bonchev–Trinajstić information content (AvgIpc) is 2.75. The van der Waals surface area contributed by atoms with E-state index in [2.05, 4.69) is 4.31 Å². The van der Waals surface area contributed by atoms with Crippen LogP contribution in [-0.4, -0.2) is 29.6 Å². The quantitative estimate of drug-likeness (QED) is 0.496. The van der Waals surface area contributed by atoms with Gasteiger partial charge in [0.1, 0.15) is 11.5 Å². The molecule has 1 N–H and O–H groups in total. The Morgan fingerprint density at radius 1 is 0.897 bits per heavy atom. The highest BCUT2D eigenvalue weighted by molar-refractivity contribution is 7.97. The Morgan fingerprint density at radius 3 is 2.21 bits per heavy atom. The van der Waals surface area contributed by atoms with E-state index in [1.54, 1.807) is 38.3 Å². The third-order valence-electron chi connectivity index (χ3n) is 4.39. The van der Waals surface area contributed by atoms with Gasteiger partial charge in [0.05, 0.1) is 19.8 Å². The summed E-state index contributed by atoms with van der Waals surface area (Å²) in [6.45, 7) is 1.37. The second-order valence-electron chi connectivity index (χ2n) is 6.38. The summed E-state index contributed by atoms with van der Waals surface area (Å²) >= 11 is 1.58. The number of hydrogen-bond acceptors (Lipinski definition) is 5. The minimum Gasteiger partial charge on any atom is -0.497 e. The summed E-state index contributed by atoms with van der Waals surface area (Å²) in [4.78, 5) is 12.1. The van der Waals surface area contributed by atoms with Crippen molar-refractivity contribution in [2.45, 2.75) is 18.0 Å². The topological polar surface area (TPSA) is 59.0 Å². The van der Waals surface area contributed by atoms with Crippen molar-refractivity contribution in [3.8, 4) is 11.5 Å². The van der Waals surface area contributed by atoms with E-state index in [4.69, 9.17) is 14.6 Å². The maximum Gasteiger partial charge on any atom is 0.335 e. The number of aromatic carboxylic acids is 1. The summed E-state index contributed by atoms with van der Waals surface area (Å²) in [6, 6.07) is 22.8. The molecule has 0 saturated heterocycles. The Bertz CT molecular complexity index is 942. The SMILES string of the molecule is COc1ccc(CN(Cc2ccccc2OC)Sc2ccc(C(=O)O)cc2)cc1. The lowest BCUT2D eigenvalue weighted by molar-refractivity contribution is 0.0697. The number of methoxy groups -OCH3 is 2. The Morgan fingerprint density at radius 2 is 1.59 bits per heavy atom. The van der Waals surface area contributed by atoms with Gasteiger partial charge in [-0.2, -0.15) is 0 Å². The lowest BCUT2D eigenvalue weighted by atomic mass is 10.2. The van der Waals surface area contributed by atoms with E-state index in [-0.39, 0.29) is 5.56 Å². The van der Waals surface area contributed by atoms with Gasteiger partial charge in [-0.25, -0.2) is 9.10 Å². The monoisotopic (exact) mass is 409 g/mol. The lowest BCUT2D eigenvalue weighted by Gasteiger charge is -2.22. The van der Waals surface area contributed by atoms with Gasteiger partial charge in [-0.05, 0) is 60.0 Å². The minimum atomic E-state index is -0.925. The summed E-state index contributed by atoms with van der Waals surface area (Å²) in [6.07, 6.45) is 0. The summed E-state index contributed by atoms with van der Waals surface area (Å²) in [5.41, 5.74) is 2.51. The molecule has 0 bridgehead atoms. The zero-order valence-corrected chi connectivity index (χ0v) is 17.2. The van der Waals surface area contributed by atoms with Gasteiger partial charge >= 0.3 is 5.97 Å². The third-order valence-corrected chi connectivity index (χ3v) is 5.39. The van der Waals surface area contributed by atoms with E-state index in [0.717, 1.165) is 27.5 Å². The van der Waals surface area contributed by atoms with Crippen LogP contribution in [0.3, 0.4) is 0 Å². The molecule has 0 aliphatic heterocycles. The van der Waals surface area contributed by atoms with Crippen molar-refractivity contribution in [2.75, 3.05) is 14.2 Å². The molecule has 0 aliphatic carbocycles. The van der Waals surface area contributed by atoms with Crippen molar-refractivity contribution < 1.29 is 19.4 Å². The van der Waals surface area contributed by atoms with Gasteiger partial charge in [-0.3, -0.25) is 0 Å². The van der Waals surface area contributed by atoms with Crippen molar-refractivity contribution >= 4 is 17.9 Å². The molecule has 0 amide bonds. The van der Waals surface area contributed by atoms with Crippen LogP contribution >= 0.6 is 11.9 Å². The first-order chi connectivity index (χ1) is 14.1. The van der Waals surface area contributed by atoms with Crippen LogP contribution in [0.25, 0.3) is 0 Å². The van der Waals surface area contributed by atoms with Gasteiger partial charge in [0.15, 0.2) is 0 Å². The molecule has 0 unspecified atom stereocenters. The van der Waals surface area contributed by atoms with Crippen LogP contribution in [0.15, 0.2) is 77.7 Å². The Hall–Kier alpha value is -2.96. The molecule has 3 rings (SSSR count). The van der Waals surface area contributed by atoms with E-state index < -0.39 is 5.97 Å². The van der Waals surface area contributed by atoms with Crippen LogP contribution in [0.5, 0.6) is 11.5 Å². The maximum atomic E-state index is 11.1. The van der Waals surface area contributed by atoms with Crippen molar-refractivity contribution in [2.24, 2.45) is 0 Å². The lowest BCUT2D eigenvalue weighted by Crippen LogP contribution is -2.15. The van der Waals surface area contributed by atoms with Crippen LogP contribution in [0.2, 0.25) is 0 Å². The first-order valence-electron chi connectivity index (χ1n) is 9.10. The van der Waals surface area contributed by atoms with Crippen molar-refractivity contribution in [3.63, 3.8) is 0 Å². The fraction of sp³-hybridized carbons (Fsp3) is 0.174. The number of para-hydroxylation sites is 1. The third kappa shape index (κ3) is 5.76. The van der Waals surface area contributed by atoms with E-state index >= 15 is 0 Å². The normalized spacial score (nSPS) is 10.7. The van der Waals surface area contributed by atoms with Gasteiger partial charge in [-0.1, -0.05) is 30.3 Å². The highest BCUT2D eigenvalue weighted by atomic mass is 32.2. The molecular formula is C23H23NO4S. The highest BCUT2D eigenvalue weighted by Gasteiger charge is 2.13. The number of nitrogens with zero attached hydrogens (tertiary/aromatic N) is 1. The number of ether oxygens (including phenoxy) is 2. The molecule has 6 heteroatoms. The predicted molar refractivity (Wildman–Crippen MR) is 114 cm³/mol. The highest BCUT2D eigenvalue weighted by Crippen LogP contribution is 2.30. The maximum absolute atomic E-state index is 11.1. The molecule has 3 aromatic carbocycles. The molecule has 0 radical (unpaired) electrons. The molecule has 3 aromatic rings. The van der Waals surface area contributed by atoms with Gasteiger partial charge in [0.25, 0.3) is 0 Å². The number of rotatable bonds is 9. The zero-order valence-electron chi connectivity index (χ0n) is 16.4. The molecule has 0 aromatic heterocycles. The van der Waals surface area contributed by atoms with E-state index in [1.807, 2.05) is 60.7 Å². The molecule has 150 valence electrons. The number of benzene rings is 3. The largest absolute Gasteiger partial charge is 0.497 e. The summed E-state index contributed by atoms with van der Waals surface area (Å²) in [5, 5.41) is 9.11. The van der Waals surface area contributed by atoms with Crippen molar-refractivity contribution in [1.29, 1.82) is 0 Å². The fourth-order valence-corrected chi connectivity index (χ4v) is 3.86. The summed E-state index contributed by atoms with van der Waals surface area (Å²) in [7, 11) is 3.32. The molecule has 0 fully saturated rings. The Kier molecular flexibility index (Phi) is 7.16. The molecule has 0 aliphatic rings. The van der Waals surface area contributed by atoms with Crippen molar-refractivity contribution in [3.05, 3.63) is 89.5 Å². The van der Waals surface area contributed by atoms with Gasteiger partial charge in [0.2, 0.25) is 0 Å². The molecular weight excluding hydrogens is 386 g/mol. The van der Waals surface area contributed by atoms with Gasteiger partial charge in [-0.15, -0.1) is 0 Å². The molecule has 0 spiro atoms. The van der Waals surface area contributed by atoms with Crippen LogP contribution in [-0.2, 0) is 13.1 Å². The van der Waals surface area contributed by atoms with E-state index in [1.165, 1.54) is 0 Å². The van der Waals surface area contributed by atoms with E-state index in [0.29, 0.717) is 13.1 Å². The summed E-state index contributed by atoms with van der Waals surface area (Å²) in [5.74, 6) is 0.738. The van der Waals surface area contributed by atoms with Crippen molar-refractivity contribution in [1.82, 2.24) is 4.31 Å². The molecule has 29 heavy (non-hydrogen) atoms. The fourth-order valence-electron chi connectivity index (χ4n) is 2.89. The van der Waals surface area contributed by atoms with Gasteiger partial charge in [0, 0.05) is 23.5 Å². The Labute approximate surface area is 175 Å². The second-order valence-corrected chi connectivity index (χ2v) is 7.55. The standard InChI is InChI=1S/C23H23NO4S/c1-27-20-11-7-17(8-12-20)15-24(16-19-5-3-4-6-22(19)28-2)29-21-13-9-18(10-14-21)23(25)26/h3-14H,15-16H2,1-2H3,(H,25,26). The van der Waals surface area contributed by atoms with Crippen LogP contribution < -0.4 is 9.47 Å². The molecule has 0 saturated carbocycles. The first-order valence-corrected chi connectivity index (χ1v) is 9.87. The molecule has 5 nitrogen and oxygen atoms in total. The number of hydrogen-bond donors (Lipinski definition) is 1. The van der Waals surface area contributed by atoms with Crippen LogP contribution in [0, 0.1) is 0 Å². The van der Waals surface area contributed by atoms with Gasteiger partial charge < -0.3 is 14.6 Å². The smallest absolute Gasteiger partial charge is 0.335 e. The van der Waals surface area contributed by atoms with E-state index in [9.17, 15) is 4.79 Å². The minimum absolute atomic E-state index is 0.279. The second kappa shape index (κ2) is 10.0. The average molecular weight is 410 g/mol. The van der Waals surface area contributed by atoms with Crippen LogP contribution in [0.1, 0.15) is 21.5 Å². The zero-order chi connectivity index (χ0) is 20.6. The molecule has 0 heterocycles. The predicted octanol–water partition coefficient (Wildman–Crippen LogP) is 5.11. The number of carboxylic acid groups (broad SMARTS) is 1. The number of carbonyl (C=O) groups is 1. The first kappa shape index (κ1) is 20.8. The van der Waals surface area contributed by atoms with Crippen LogP contribution in [0.4, 0.5) is 0 Å².